The monoisotopic (exact) mass is 248 g/mol. The molecule has 0 saturated carbocycles. The minimum absolute atomic E-state index is 0.284. The van der Waals surface area contributed by atoms with Crippen molar-refractivity contribution in [3.8, 4) is 0 Å². The van der Waals surface area contributed by atoms with E-state index in [0.717, 1.165) is 5.56 Å². The van der Waals surface area contributed by atoms with Crippen LogP contribution in [0.25, 0.3) is 0 Å². The van der Waals surface area contributed by atoms with Crippen LogP contribution in [-0.4, -0.2) is 7.05 Å². The Labute approximate surface area is 105 Å². The first-order valence-electron chi connectivity index (χ1n) is 5.57. The summed E-state index contributed by atoms with van der Waals surface area (Å²) in [5, 5.41) is 0. The lowest BCUT2D eigenvalue weighted by Gasteiger charge is -2.21. The lowest BCUT2D eigenvalue weighted by molar-refractivity contribution is 0.623. The van der Waals surface area contributed by atoms with Gasteiger partial charge in [0.15, 0.2) is 0 Å². The zero-order valence-electron chi connectivity index (χ0n) is 10.0. The summed E-state index contributed by atoms with van der Waals surface area (Å²) in [5.41, 5.74) is 7.69. The molecular weight excluding hydrogens is 234 g/mol. The molecule has 2 nitrogen and oxygen atoms in total. The zero-order valence-corrected chi connectivity index (χ0v) is 10.0. The van der Waals surface area contributed by atoms with E-state index in [1.165, 1.54) is 30.3 Å². The van der Waals surface area contributed by atoms with Crippen LogP contribution >= 0.6 is 0 Å². The fourth-order valence-electron chi connectivity index (χ4n) is 1.84. The van der Waals surface area contributed by atoms with E-state index in [1.807, 2.05) is 6.07 Å². The standard InChI is InChI=1S/C14H14F2N2/c1-18(9-10-3-2-4-11(15)7-10)14-8-12(16)5-6-13(14)17/h2-8H,9,17H2,1H3. The van der Waals surface area contributed by atoms with Crippen molar-refractivity contribution in [2.24, 2.45) is 0 Å². The van der Waals surface area contributed by atoms with Gasteiger partial charge in [-0.3, -0.25) is 0 Å². The second kappa shape index (κ2) is 5.04. The van der Waals surface area contributed by atoms with Crippen molar-refractivity contribution in [2.75, 3.05) is 17.7 Å². The Morgan fingerprint density at radius 1 is 1.06 bits per heavy atom. The average molecular weight is 248 g/mol. The molecule has 0 heterocycles. The molecular formula is C14H14F2N2. The number of nitrogen functional groups attached to an aromatic ring is 1. The van der Waals surface area contributed by atoms with Gasteiger partial charge in [0, 0.05) is 13.6 Å². The van der Waals surface area contributed by atoms with Crippen molar-refractivity contribution in [1.29, 1.82) is 0 Å². The molecule has 4 heteroatoms. The third-order valence-electron chi connectivity index (χ3n) is 2.71. The molecule has 18 heavy (non-hydrogen) atoms. The first kappa shape index (κ1) is 12.4. The number of hydrogen-bond acceptors (Lipinski definition) is 2. The van der Waals surface area contributed by atoms with Gasteiger partial charge in [-0.2, -0.15) is 0 Å². The SMILES string of the molecule is CN(Cc1cccc(F)c1)c1cc(F)ccc1N. The highest BCUT2D eigenvalue weighted by atomic mass is 19.1. The third-order valence-corrected chi connectivity index (χ3v) is 2.71. The second-order valence-corrected chi connectivity index (χ2v) is 4.19. The normalized spacial score (nSPS) is 10.4. The van der Waals surface area contributed by atoms with E-state index in [1.54, 1.807) is 18.0 Å². The maximum Gasteiger partial charge on any atom is 0.125 e. The summed E-state index contributed by atoms with van der Waals surface area (Å²) < 4.78 is 26.2. The van der Waals surface area contributed by atoms with Gasteiger partial charge in [0.05, 0.1) is 11.4 Å². The number of nitrogens with two attached hydrogens (primary N) is 1. The molecule has 0 atom stereocenters. The molecule has 0 fully saturated rings. The fourth-order valence-corrected chi connectivity index (χ4v) is 1.84. The quantitative estimate of drug-likeness (QED) is 0.845. The smallest absolute Gasteiger partial charge is 0.125 e. The van der Waals surface area contributed by atoms with Gasteiger partial charge >= 0.3 is 0 Å². The molecule has 2 aromatic carbocycles. The maximum atomic E-state index is 13.2. The Balaban J connectivity index is 2.21. The Hall–Kier alpha value is -2.10. The van der Waals surface area contributed by atoms with Gasteiger partial charge < -0.3 is 10.6 Å². The summed E-state index contributed by atoms with van der Waals surface area (Å²) in [6.45, 7) is 0.464. The molecule has 2 N–H and O–H groups in total. The van der Waals surface area contributed by atoms with E-state index in [0.29, 0.717) is 17.9 Å². The van der Waals surface area contributed by atoms with Crippen molar-refractivity contribution in [2.45, 2.75) is 6.54 Å². The minimum Gasteiger partial charge on any atom is -0.397 e. The van der Waals surface area contributed by atoms with Crippen LogP contribution in [0.5, 0.6) is 0 Å². The van der Waals surface area contributed by atoms with Gasteiger partial charge in [0.1, 0.15) is 11.6 Å². The highest BCUT2D eigenvalue weighted by Gasteiger charge is 2.07. The summed E-state index contributed by atoms with van der Waals surface area (Å²) >= 11 is 0. The van der Waals surface area contributed by atoms with Crippen LogP contribution in [0.2, 0.25) is 0 Å². The summed E-state index contributed by atoms with van der Waals surface area (Å²) in [6.07, 6.45) is 0. The van der Waals surface area contributed by atoms with E-state index in [-0.39, 0.29) is 11.6 Å². The molecule has 0 aromatic heterocycles. The molecule has 94 valence electrons. The zero-order chi connectivity index (χ0) is 13.1. The Kier molecular flexibility index (Phi) is 3.46. The number of benzene rings is 2. The Bertz CT molecular complexity index is 555. The number of rotatable bonds is 3. The maximum absolute atomic E-state index is 13.2. The largest absolute Gasteiger partial charge is 0.397 e. The first-order valence-corrected chi connectivity index (χ1v) is 5.57. The Morgan fingerprint density at radius 2 is 1.78 bits per heavy atom. The predicted octanol–water partition coefficient (Wildman–Crippen LogP) is 3.18. The molecule has 0 radical (unpaired) electrons. The highest BCUT2D eigenvalue weighted by Crippen LogP contribution is 2.24. The van der Waals surface area contributed by atoms with E-state index in [2.05, 4.69) is 0 Å². The van der Waals surface area contributed by atoms with Gasteiger partial charge in [-0.15, -0.1) is 0 Å². The molecule has 0 spiro atoms. The molecule has 0 unspecified atom stereocenters. The lowest BCUT2D eigenvalue weighted by atomic mass is 10.2. The number of halogens is 2. The summed E-state index contributed by atoms with van der Waals surface area (Å²) in [6, 6.07) is 10.5. The molecule has 0 bridgehead atoms. The van der Waals surface area contributed by atoms with Crippen molar-refractivity contribution < 1.29 is 8.78 Å². The van der Waals surface area contributed by atoms with Crippen LogP contribution in [0.15, 0.2) is 42.5 Å². The summed E-state index contributed by atoms with van der Waals surface area (Å²) in [5.74, 6) is -0.626. The van der Waals surface area contributed by atoms with Crippen LogP contribution in [0.4, 0.5) is 20.2 Å². The van der Waals surface area contributed by atoms with E-state index in [4.69, 9.17) is 5.73 Å². The molecule has 2 rings (SSSR count). The van der Waals surface area contributed by atoms with E-state index >= 15 is 0 Å². The van der Waals surface area contributed by atoms with Crippen molar-refractivity contribution in [1.82, 2.24) is 0 Å². The molecule has 2 aromatic rings. The third kappa shape index (κ3) is 2.77. The molecule has 0 aliphatic rings. The number of hydrogen-bond donors (Lipinski definition) is 1. The number of nitrogens with zero attached hydrogens (tertiary/aromatic N) is 1. The van der Waals surface area contributed by atoms with Crippen molar-refractivity contribution in [3.63, 3.8) is 0 Å². The first-order chi connectivity index (χ1) is 8.56. The summed E-state index contributed by atoms with van der Waals surface area (Å²) in [7, 11) is 1.79. The van der Waals surface area contributed by atoms with E-state index < -0.39 is 0 Å². The van der Waals surface area contributed by atoms with Crippen LogP contribution in [-0.2, 0) is 6.54 Å². The van der Waals surface area contributed by atoms with Crippen LogP contribution in [0.3, 0.4) is 0 Å². The van der Waals surface area contributed by atoms with E-state index in [9.17, 15) is 8.78 Å². The van der Waals surface area contributed by atoms with Gasteiger partial charge in [-0.25, -0.2) is 8.78 Å². The van der Waals surface area contributed by atoms with Crippen molar-refractivity contribution in [3.05, 3.63) is 59.7 Å². The predicted molar refractivity (Wildman–Crippen MR) is 69.3 cm³/mol. The van der Waals surface area contributed by atoms with Crippen LogP contribution < -0.4 is 10.6 Å². The molecule has 0 aliphatic carbocycles. The Morgan fingerprint density at radius 3 is 2.50 bits per heavy atom. The van der Waals surface area contributed by atoms with Crippen LogP contribution in [0.1, 0.15) is 5.56 Å². The fraction of sp³-hybridized carbons (Fsp3) is 0.143. The van der Waals surface area contributed by atoms with Crippen LogP contribution in [0, 0.1) is 11.6 Å². The molecule has 0 aliphatic heterocycles. The lowest BCUT2D eigenvalue weighted by Crippen LogP contribution is -2.18. The minimum atomic E-state index is -0.342. The molecule has 0 amide bonds. The van der Waals surface area contributed by atoms with Gasteiger partial charge in [0.25, 0.3) is 0 Å². The topological polar surface area (TPSA) is 29.3 Å². The van der Waals surface area contributed by atoms with Gasteiger partial charge in [-0.05, 0) is 35.9 Å². The molecule has 0 saturated heterocycles. The van der Waals surface area contributed by atoms with Crippen molar-refractivity contribution >= 4 is 11.4 Å². The van der Waals surface area contributed by atoms with Gasteiger partial charge in [-0.1, -0.05) is 12.1 Å². The highest BCUT2D eigenvalue weighted by molar-refractivity contribution is 5.67. The average Bonchev–Trinajstić information content (AvgIpc) is 2.32. The van der Waals surface area contributed by atoms with Gasteiger partial charge in [0.2, 0.25) is 0 Å². The number of anilines is 2. The summed E-state index contributed by atoms with van der Waals surface area (Å²) in [4.78, 5) is 1.78. The second-order valence-electron chi connectivity index (χ2n) is 4.19.